The van der Waals surface area contributed by atoms with Crippen LogP contribution in [-0.4, -0.2) is 32.5 Å². The molecule has 0 saturated heterocycles. The number of carbonyl (C=O) groups excluding carboxylic acids is 1. The maximum atomic E-state index is 12.4. The zero-order valence-electron chi connectivity index (χ0n) is 18.9. The first-order valence-electron chi connectivity index (χ1n) is 11.0. The van der Waals surface area contributed by atoms with E-state index in [1.54, 1.807) is 13.4 Å². The van der Waals surface area contributed by atoms with E-state index >= 15 is 0 Å². The standard InChI is InChI=1S/C25H25N7O2/c1-27-23-19-21(32(2)14-28-19)20-25(31-23)34-24(30-20)17-10-6-9-16(13-17)22(26)29-18(33)12-11-15-7-4-3-5-8-15/h3-10,13-14,22H,11-12,26H2,1-2H3,(H,27,31)(H,29,33)/t22-/m1/s1. The van der Waals surface area contributed by atoms with Crippen LogP contribution in [0.1, 0.15) is 23.7 Å². The first-order valence-corrected chi connectivity index (χ1v) is 11.0. The Kier molecular flexibility index (Phi) is 5.69. The zero-order chi connectivity index (χ0) is 23.7. The van der Waals surface area contributed by atoms with E-state index in [1.165, 1.54) is 0 Å². The molecule has 0 radical (unpaired) electrons. The van der Waals surface area contributed by atoms with Crippen molar-refractivity contribution in [1.82, 2.24) is 24.8 Å². The summed E-state index contributed by atoms with van der Waals surface area (Å²) in [6, 6.07) is 17.4. The Morgan fingerprint density at radius 1 is 1.12 bits per heavy atom. The minimum atomic E-state index is -0.648. The van der Waals surface area contributed by atoms with Gasteiger partial charge < -0.3 is 25.4 Å². The van der Waals surface area contributed by atoms with Crippen molar-refractivity contribution in [2.45, 2.75) is 19.0 Å². The van der Waals surface area contributed by atoms with Crippen LogP contribution in [-0.2, 0) is 18.3 Å². The highest BCUT2D eigenvalue weighted by Crippen LogP contribution is 2.31. The molecule has 172 valence electrons. The molecule has 0 fully saturated rings. The molecule has 5 rings (SSSR count). The molecule has 9 nitrogen and oxygen atoms in total. The quantitative estimate of drug-likeness (QED) is 0.321. The summed E-state index contributed by atoms with van der Waals surface area (Å²) in [5.41, 5.74) is 11.5. The molecule has 3 aromatic heterocycles. The number of nitrogens with two attached hydrogens (primary N) is 1. The highest BCUT2D eigenvalue weighted by Gasteiger charge is 2.19. The maximum Gasteiger partial charge on any atom is 0.251 e. The lowest BCUT2D eigenvalue weighted by Crippen LogP contribution is -2.34. The molecule has 0 bridgehead atoms. The number of aryl methyl sites for hydroxylation is 2. The largest absolute Gasteiger partial charge is 0.418 e. The molecule has 0 aliphatic carbocycles. The second-order valence-corrected chi connectivity index (χ2v) is 8.09. The second-order valence-electron chi connectivity index (χ2n) is 8.09. The van der Waals surface area contributed by atoms with Crippen LogP contribution in [0.3, 0.4) is 0 Å². The number of carbonyl (C=O) groups is 1. The van der Waals surface area contributed by atoms with Crippen LogP contribution in [0.15, 0.2) is 65.3 Å². The van der Waals surface area contributed by atoms with Crippen molar-refractivity contribution < 1.29 is 9.21 Å². The average Bonchev–Trinajstić information content (AvgIpc) is 3.46. The Morgan fingerprint density at radius 2 is 1.94 bits per heavy atom. The van der Waals surface area contributed by atoms with Gasteiger partial charge in [-0.25, -0.2) is 9.97 Å². The van der Waals surface area contributed by atoms with Crippen molar-refractivity contribution in [3.63, 3.8) is 0 Å². The van der Waals surface area contributed by atoms with Crippen molar-refractivity contribution in [1.29, 1.82) is 0 Å². The lowest BCUT2D eigenvalue weighted by molar-refractivity contribution is -0.121. The van der Waals surface area contributed by atoms with Crippen LogP contribution in [0.4, 0.5) is 5.82 Å². The fourth-order valence-corrected chi connectivity index (χ4v) is 3.97. The first-order chi connectivity index (χ1) is 16.5. The molecule has 4 N–H and O–H groups in total. The molecule has 9 heteroatoms. The van der Waals surface area contributed by atoms with Crippen molar-refractivity contribution in [3.05, 3.63) is 72.1 Å². The molecule has 34 heavy (non-hydrogen) atoms. The number of benzene rings is 2. The van der Waals surface area contributed by atoms with Gasteiger partial charge in [-0.15, -0.1) is 0 Å². The summed E-state index contributed by atoms with van der Waals surface area (Å²) >= 11 is 0. The minimum absolute atomic E-state index is 0.106. The van der Waals surface area contributed by atoms with Gasteiger partial charge in [0.05, 0.1) is 6.33 Å². The van der Waals surface area contributed by atoms with Crippen LogP contribution < -0.4 is 16.4 Å². The molecule has 0 aliphatic heterocycles. The van der Waals surface area contributed by atoms with E-state index in [0.29, 0.717) is 35.8 Å². The van der Waals surface area contributed by atoms with E-state index < -0.39 is 6.17 Å². The molecule has 0 aliphatic rings. The van der Waals surface area contributed by atoms with Crippen LogP contribution >= 0.6 is 0 Å². The van der Waals surface area contributed by atoms with Gasteiger partial charge in [0.1, 0.15) is 17.2 Å². The second kappa shape index (κ2) is 8.95. The monoisotopic (exact) mass is 455 g/mol. The summed E-state index contributed by atoms with van der Waals surface area (Å²) in [5.74, 6) is 0.938. The number of hydrogen-bond acceptors (Lipinski definition) is 7. The van der Waals surface area contributed by atoms with E-state index in [-0.39, 0.29) is 5.91 Å². The fraction of sp³-hybridized carbons (Fsp3) is 0.200. The summed E-state index contributed by atoms with van der Waals surface area (Å²) in [7, 11) is 3.70. The lowest BCUT2D eigenvalue weighted by Gasteiger charge is -2.15. The third-order valence-corrected chi connectivity index (χ3v) is 5.74. The molecular formula is C25H25N7O2. The number of imidazole rings is 1. The normalized spacial score (nSPS) is 12.2. The molecule has 0 unspecified atom stereocenters. The van der Waals surface area contributed by atoms with E-state index in [9.17, 15) is 4.79 Å². The number of hydrogen-bond donors (Lipinski definition) is 3. The summed E-state index contributed by atoms with van der Waals surface area (Å²) < 4.78 is 7.89. The summed E-state index contributed by atoms with van der Waals surface area (Å²) in [6.45, 7) is 0. The molecule has 3 heterocycles. The van der Waals surface area contributed by atoms with Gasteiger partial charge in [0.25, 0.3) is 5.71 Å². The topological polar surface area (TPSA) is 124 Å². The molecule has 1 atom stereocenters. The van der Waals surface area contributed by atoms with Crippen LogP contribution in [0, 0.1) is 0 Å². The number of nitrogens with zero attached hydrogens (tertiary/aromatic N) is 4. The Labute approximate surface area is 196 Å². The highest BCUT2D eigenvalue weighted by molar-refractivity contribution is 6.03. The number of oxazole rings is 1. The Bertz CT molecular complexity index is 1470. The number of pyridine rings is 1. The van der Waals surface area contributed by atoms with Crippen LogP contribution in [0.2, 0.25) is 0 Å². The number of rotatable bonds is 7. The summed E-state index contributed by atoms with van der Waals surface area (Å²) in [4.78, 5) is 26.1. The number of aromatic nitrogens is 4. The van der Waals surface area contributed by atoms with Gasteiger partial charge in [-0.2, -0.15) is 4.98 Å². The number of nitrogens with one attached hydrogen (secondary N) is 2. The van der Waals surface area contributed by atoms with Gasteiger partial charge >= 0.3 is 0 Å². The van der Waals surface area contributed by atoms with E-state index in [2.05, 4.69) is 20.6 Å². The third kappa shape index (κ3) is 4.08. The fourth-order valence-electron chi connectivity index (χ4n) is 3.97. The Balaban J connectivity index is 1.38. The average molecular weight is 456 g/mol. The molecule has 0 spiro atoms. The molecular weight excluding hydrogens is 430 g/mol. The molecule has 1 amide bonds. The number of anilines is 1. The summed E-state index contributed by atoms with van der Waals surface area (Å²) in [6.07, 6.45) is 2.10. The smallest absolute Gasteiger partial charge is 0.251 e. The van der Waals surface area contributed by atoms with E-state index in [0.717, 1.165) is 27.7 Å². The lowest BCUT2D eigenvalue weighted by atomic mass is 10.1. The molecule has 2 aromatic carbocycles. The maximum absolute atomic E-state index is 12.4. The van der Waals surface area contributed by atoms with Crippen molar-refractivity contribution in [2.24, 2.45) is 12.8 Å². The predicted molar refractivity (Wildman–Crippen MR) is 131 cm³/mol. The van der Waals surface area contributed by atoms with Crippen LogP contribution in [0.5, 0.6) is 0 Å². The minimum Gasteiger partial charge on any atom is -0.418 e. The summed E-state index contributed by atoms with van der Waals surface area (Å²) in [5, 5.41) is 5.93. The van der Waals surface area contributed by atoms with Gasteiger partial charge in [-0.3, -0.25) is 4.79 Å². The van der Waals surface area contributed by atoms with Crippen molar-refractivity contribution >= 4 is 34.0 Å². The Hall–Kier alpha value is -4.24. The Morgan fingerprint density at radius 3 is 2.74 bits per heavy atom. The zero-order valence-corrected chi connectivity index (χ0v) is 18.9. The SMILES string of the molecule is CNc1nc2oc(-c3cccc([C@H](N)NC(=O)CCc4ccccc4)c3)nc2c2c1ncn2C. The van der Waals surface area contributed by atoms with Crippen LogP contribution in [0.25, 0.3) is 33.7 Å². The van der Waals surface area contributed by atoms with Gasteiger partial charge in [0.2, 0.25) is 11.8 Å². The van der Waals surface area contributed by atoms with Crippen molar-refractivity contribution in [3.8, 4) is 11.5 Å². The van der Waals surface area contributed by atoms with E-state index in [1.807, 2.05) is 66.2 Å². The third-order valence-electron chi connectivity index (χ3n) is 5.74. The first kappa shape index (κ1) is 21.6. The molecule has 0 saturated carbocycles. The molecule has 5 aromatic rings. The van der Waals surface area contributed by atoms with Gasteiger partial charge in [0, 0.05) is 26.1 Å². The highest BCUT2D eigenvalue weighted by atomic mass is 16.4. The van der Waals surface area contributed by atoms with Gasteiger partial charge in [-0.1, -0.05) is 42.5 Å². The van der Waals surface area contributed by atoms with Gasteiger partial charge in [0.15, 0.2) is 11.3 Å². The predicted octanol–water partition coefficient (Wildman–Crippen LogP) is 3.52. The van der Waals surface area contributed by atoms with Crippen molar-refractivity contribution in [2.75, 3.05) is 12.4 Å². The number of amides is 1. The number of fused-ring (bicyclic) bond motifs is 3. The van der Waals surface area contributed by atoms with Gasteiger partial charge in [-0.05, 0) is 29.7 Å². The van der Waals surface area contributed by atoms with E-state index in [4.69, 9.17) is 15.1 Å².